The van der Waals surface area contributed by atoms with Gasteiger partial charge in [0.2, 0.25) is 0 Å². The Bertz CT molecular complexity index is 499. The number of nitrogens with zero attached hydrogens (tertiary/aromatic N) is 1. The van der Waals surface area contributed by atoms with E-state index in [9.17, 15) is 14.9 Å². The molecule has 1 N–H and O–H groups in total. The molecule has 0 aromatic heterocycles. The standard InChI is InChI=1S/C13H15ClN2O3/c14-11-7-10(5-6-12(11)16(18)19)13(17)15-8-9-3-1-2-4-9/h5-7,9H,1-4,8H2,(H,15,17). The molecule has 0 saturated heterocycles. The molecule has 1 aromatic carbocycles. The molecule has 0 bridgehead atoms. The zero-order valence-corrected chi connectivity index (χ0v) is 11.2. The first-order valence-electron chi connectivity index (χ1n) is 6.30. The lowest BCUT2D eigenvalue weighted by molar-refractivity contribution is -0.384. The van der Waals surface area contributed by atoms with Crippen molar-refractivity contribution in [1.29, 1.82) is 0 Å². The Balaban J connectivity index is 1.98. The molecule has 1 aromatic rings. The lowest BCUT2D eigenvalue weighted by Gasteiger charge is -2.10. The molecule has 19 heavy (non-hydrogen) atoms. The summed E-state index contributed by atoms with van der Waals surface area (Å²) in [5.41, 5.74) is 0.169. The van der Waals surface area contributed by atoms with Crippen LogP contribution in [-0.4, -0.2) is 17.4 Å². The third-order valence-electron chi connectivity index (χ3n) is 3.43. The van der Waals surface area contributed by atoms with Gasteiger partial charge in [-0.25, -0.2) is 0 Å². The van der Waals surface area contributed by atoms with Crippen LogP contribution in [0.3, 0.4) is 0 Å². The van der Waals surface area contributed by atoms with Crippen molar-refractivity contribution in [3.63, 3.8) is 0 Å². The number of hydrogen-bond donors (Lipinski definition) is 1. The highest BCUT2D eigenvalue weighted by atomic mass is 35.5. The number of amides is 1. The number of carbonyl (C=O) groups is 1. The van der Waals surface area contributed by atoms with Gasteiger partial charge in [0.25, 0.3) is 11.6 Å². The van der Waals surface area contributed by atoms with Gasteiger partial charge in [-0.15, -0.1) is 0 Å². The number of benzene rings is 1. The second-order valence-electron chi connectivity index (χ2n) is 4.78. The van der Waals surface area contributed by atoms with Gasteiger partial charge in [0.05, 0.1) is 4.92 Å². The maximum atomic E-state index is 11.9. The van der Waals surface area contributed by atoms with Gasteiger partial charge in [-0.3, -0.25) is 14.9 Å². The second kappa shape index (κ2) is 6.02. The fourth-order valence-corrected chi connectivity index (χ4v) is 2.60. The van der Waals surface area contributed by atoms with E-state index < -0.39 is 4.92 Å². The quantitative estimate of drug-likeness (QED) is 0.681. The molecule has 0 atom stereocenters. The van der Waals surface area contributed by atoms with E-state index in [1.165, 1.54) is 31.0 Å². The monoisotopic (exact) mass is 282 g/mol. The lowest BCUT2D eigenvalue weighted by Crippen LogP contribution is -2.28. The zero-order valence-electron chi connectivity index (χ0n) is 10.4. The Hall–Kier alpha value is -1.62. The van der Waals surface area contributed by atoms with E-state index in [1.807, 2.05) is 0 Å². The van der Waals surface area contributed by atoms with Crippen molar-refractivity contribution < 1.29 is 9.72 Å². The molecular formula is C13H15ClN2O3. The van der Waals surface area contributed by atoms with Gasteiger partial charge in [-0.1, -0.05) is 24.4 Å². The van der Waals surface area contributed by atoms with Crippen LogP contribution in [0.15, 0.2) is 18.2 Å². The Morgan fingerprint density at radius 1 is 1.42 bits per heavy atom. The van der Waals surface area contributed by atoms with Crippen LogP contribution in [0.5, 0.6) is 0 Å². The Morgan fingerprint density at radius 2 is 2.11 bits per heavy atom. The predicted molar refractivity (Wildman–Crippen MR) is 72.4 cm³/mol. The van der Waals surface area contributed by atoms with Crippen molar-refractivity contribution in [1.82, 2.24) is 5.32 Å². The summed E-state index contributed by atoms with van der Waals surface area (Å²) in [5, 5.41) is 13.5. The molecule has 2 rings (SSSR count). The Morgan fingerprint density at radius 3 is 2.68 bits per heavy atom. The van der Waals surface area contributed by atoms with Gasteiger partial charge in [-0.2, -0.15) is 0 Å². The van der Waals surface area contributed by atoms with E-state index in [2.05, 4.69) is 5.32 Å². The minimum absolute atomic E-state index is 0.0153. The molecule has 6 heteroatoms. The number of nitro groups is 1. The summed E-state index contributed by atoms with van der Waals surface area (Å²) >= 11 is 5.77. The number of halogens is 1. The molecule has 102 valence electrons. The summed E-state index contributed by atoms with van der Waals surface area (Å²) < 4.78 is 0. The molecular weight excluding hydrogens is 268 g/mol. The highest BCUT2D eigenvalue weighted by molar-refractivity contribution is 6.33. The highest BCUT2D eigenvalue weighted by Crippen LogP contribution is 2.26. The largest absolute Gasteiger partial charge is 0.352 e. The van der Waals surface area contributed by atoms with Crippen LogP contribution < -0.4 is 5.32 Å². The fraction of sp³-hybridized carbons (Fsp3) is 0.462. The van der Waals surface area contributed by atoms with Crippen molar-refractivity contribution in [3.8, 4) is 0 Å². The van der Waals surface area contributed by atoms with E-state index in [0.29, 0.717) is 18.0 Å². The summed E-state index contributed by atoms with van der Waals surface area (Å²) in [7, 11) is 0. The normalized spacial score (nSPS) is 15.4. The first-order chi connectivity index (χ1) is 9.08. The average molecular weight is 283 g/mol. The summed E-state index contributed by atoms with van der Waals surface area (Å²) in [6, 6.07) is 4.02. The fourth-order valence-electron chi connectivity index (χ4n) is 2.35. The molecule has 0 aliphatic heterocycles. The van der Waals surface area contributed by atoms with Crippen LogP contribution in [0.25, 0.3) is 0 Å². The van der Waals surface area contributed by atoms with E-state index in [1.54, 1.807) is 0 Å². The van der Waals surface area contributed by atoms with Gasteiger partial charge in [0.15, 0.2) is 0 Å². The number of carbonyl (C=O) groups excluding carboxylic acids is 1. The number of nitrogens with one attached hydrogen (secondary N) is 1. The van der Waals surface area contributed by atoms with Gasteiger partial charge in [0.1, 0.15) is 5.02 Å². The molecule has 0 spiro atoms. The van der Waals surface area contributed by atoms with Crippen LogP contribution in [0, 0.1) is 16.0 Å². The first kappa shape index (κ1) is 13.8. The highest BCUT2D eigenvalue weighted by Gasteiger charge is 2.18. The van der Waals surface area contributed by atoms with Crippen molar-refractivity contribution >= 4 is 23.2 Å². The van der Waals surface area contributed by atoms with E-state index >= 15 is 0 Å². The maximum Gasteiger partial charge on any atom is 0.287 e. The van der Waals surface area contributed by atoms with Crippen molar-refractivity contribution in [3.05, 3.63) is 38.9 Å². The summed E-state index contributed by atoms with van der Waals surface area (Å²) in [6.45, 7) is 0.660. The van der Waals surface area contributed by atoms with Gasteiger partial charge >= 0.3 is 0 Å². The van der Waals surface area contributed by atoms with Crippen LogP contribution in [0.2, 0.25) is 5.02 Å². The zero-order chi connectivity index (χ0) is 13.8. The molecule has 1 amide bonds. The smallest absolute Gasteiger partial charge is 0.287 e. The number of hydrogen-bond acceptors (Lipinski definition) is 3. The maximum absolute atomic E-state index is 11.9. The SMILES string of the molecule is O=C(NCC1CCCC1)c1ccc([N+](=O)[O-])c(Cl)c1. The Labute approximate surface area is 116 Å². The number of rotatable bonds is 4. The third-order valence-corrected chi connectivity index (χ3v) is 3.74. The minimum atomic E-state index is -0.567. The average Bonchev–Trinajstić information content (AvgIpc) is 2.88. The Kier molecular flexibility index (Phi) is 4.37. The molecule has 1 saturated carbocycles. The molecule has 0 radical (unpaired) electrons. The van der Waals surface area contributed by atoms with Gasteiger partial charge < -0.3 is 5.32 Å². The van der Waals surface area contributed by atoms with Crippen LogP contribution in [0.1, 0.15) is 36.0 Å². The van der Waals surface area contributed by atoms with E-state index in [-0.39, 0.29) is 16.6 Å². The third kappa shape index (κ3) is 3.44. The summed E-state index contributed by atoms with van der Waals surface area (Å²) in [5.74, 6) is 0.321. The minimum Gasteiger partial charge on any atom is -0.352 e. The van der Waals surface area contributed by atoms with Gasteiger partial charge in [-0.05, 0) is 30.9 Å². The van der Waals surface area contributed by atoms with Crippen molar-refractivity contribution in [2.24, 2.45) is 5.92 Å². The predicted octanol–water partition coefficient (Wildman–Crippen LogP) is 3.17. The first-order valence-corrected chi connectivity index (χ1v) is 6.68. The topological polar surface area (TPSA) is 72.2 Å². The molecule has 1 aliphatic rings. The lowest BCUT2D eigenvalue weighted by atomic mass is 10.1. The molecule has 0 unspecified atom stereocenters. The second-order valence-corrected chi connectivity index (χ2v) is 5.19. The van der Waals surface area contributed by atoms with Crippen molar-refractivity contribution in [2.45, 2.75) is 25.7 Å². The number of nitro benzene ring substituents is 1. The van der Waals surface area contributed by atoms with E-state index in [4.69, 9.17) is 11.6 Å². The molecule has 1 fully saturated rings. The molecule has 0 heterocycles. The summed E-state index contributed by atoms with van der Waals surface area (Å²) in [6.07, 6.45) is 4.76. The van der Waals surface area contributed by atoms with E-state index in [0.717, 1.165) is 12.8 Å². The molecule has 5 nitrogen and oxygen atoms in total. The van der Waals surface area contributed by atoms with Gasteiger partial charge in [0, 0.05) is 18.2 Å². The van der Waals surface area contributed by atoms with Crippen molar-refractivity contribution in [2.75, 3.05) is 6.54 Å². The van der Waals surface area contributed by atoms with Crippen LogP contribution in [0.4, 0.5) is 5.69 Å². The van der Waals surface area contributed by atoms with Crippen LogP contribution in [-0.2, 0) is 0 Å². The summed E-state index contributed by atoms with van der Waals surface area (Å²) in [4.78, 5) is 22.0. The van der Waals surface area contributed by atoms with Crippen LogP contribution >= 0.6 is 11.6 Å². The molecule has 1 aliphatic carbocycles.